The fourth-order valence-electron chi connectivity index (χ4n) is 3.90. The van der Waals surface area contributed by atoms with Gasteiger partial charge < -0.3 is 14.2 Å². The maximum Gasteiger partial charge on any atom is 0.573 e. The Balaban J connectivity index is 1.79. The Kier molecular flexibility index (Phi) is 5.84. The van der Waals surface area contributed by atoms with E-state index in [1.807, 2.05) is 0 Å². The summed E-state index contributed by atoms with van der Waals surface area (Å²) in [5, 5.41) is 1.59. The van der Waals surface area contributed by atoms with E-state index in [4.69, 9.17) is 9.47 Å². The molecule has 2 aromatic rings. The number of thioether (sulfide) groups is 1. The first kappa shape index (κ1) is 23.7. The number of ether oxygens (including phenoxy) is 3. The second-order valence-electron chi connectivity index (χ2n) is 8.12. The highest BCUT2D eigenvalue weighted by molar-refractivity contribution is 8.18. The second kappa shape index (κ2) is 8.39. The van der Waals surface area contributed by atoms with Gasteiger partial charge in [0.05, 0.1) is 17.6 Å². The SMILES string of the molecule is COC(=O)c1ccc2c(c1)C(C)(C)C(c1cc(C=C3SC(=O)NC3=O)ccc1OC(F)(F)F)O2. The van der Waals surface area contributed by atoms with E-state index in [0.717, 1.165) is 6.07 Å². The van der Waals surface area contributed by atoms with Gasteiger partial charge in [0.15, 0.2) is 0 Å². The number of amides is 2. The van der Waals surface area contributed by atoms with Crippen LogP contribution in [-0.2, 0) is 14.9 Å². The van der Waals surface area contributed by atoms with E-state index in [9.17, 15) is 27.6 Å². The fraction of sp³-hybridized carbons (Fsp3) is 0.261. The van der Waals surface area contributed by atoms with Crippen molar-refractivity contribution in [3.05, 3.63) is 63.6 Å². The molecule has 1 saturated heterocycles. The van der Waals surface area contributed by atoms with Crippen LogP contribution >= 0.6 is 11.8 Å². The lowest BCUT2D eigenvalue weighted by atomic mass is 9.77. The smallest absolute Gasteiger partial charge is 0.484 e. The summed E-state index contributed by atoms with van der Waals surface area (Å²) in [5.41, 5.74) is 0.477. The van der Waals surface area contributed by atoms with Crippen LogP contribution in [0.15, 0.2) is 41.3 Å². The van der Waals surface area contributed by atoms with Crippen molar-refractivity contribution in [3.63, 3.8) is 0 Å². The zero-order valence-electron chi connectivity index (χ0n) is 18.1. The lowest BCUT2D eigenvalue weighted by Crippen LogP contribution is -2.27. The number of benzene rings is 2. The molecule has 34 heavy (non-hydrogen) atoms. The summed E-state index contributed by atoms with van der Waals surface area (Å²) in [6.07, 6.45) is -4.47. The molecule has 2 amide bonds. The number of hydrogen-bond acceptors (Lipinski definition) is 7. The average molecular weight is 493 g/mol. The van der Waals surface area contributed by atoms with Crippen molar-refractivity contribution in [2.75, 3.05) is 7.11 Å². The Bertz CT molecular complexity index is 1240. The molecule has 0 radical (unpaired) electrons. The third-order valence-corrected chi connectivity index (χ3v) is 6.29. The van der Waals surface area contributed by atoms with Gasteiger partial charge in [-0.3, -0.25) is 14.9 Å². The fourth-order valence-corrected chi connectivity index (χ4v) is 4.58. The van der Waals surface area contributed by atoms with Gasteiger partial charge in [-0.15, -0.1) is 13.2 Å². The van der Waals surface area contributed by atoms with Crippen LogP contribution in [0.2, 0.25) is 0 Å². The molecular formula is C23H18F3NO6S. The van der Waals surface area contributed by atoms with E-state index in [1.165, 1.54) is 31.4 Å². The first-order chi connectivity index (χ1) is 15.9. The monoisotopic (exact) mass is 493 g/mol. The highest BCUT2D eigenvalue weighted by Crippen LogP contribution is 2.52. The molecule has 2 heterocycles. The molecule has 0 spiro atoms. The summed E-state index contributed by atoms with van der Waals surface area (Å²) in [4.78, 5) is 35.4. The third kappa shape index (κ3) is 4.47. The van der Waals surface area contributed by atoms with Crippen molar-refractivity contribution < 1.29 is 41.8 Å². The number of alkyl halides is 3. The minimum absolute atomic E-state index is 0.0854. The predicted octanol–water partition coefficient (Wildman–Crippen LogP) is 5.11. The van der Waals surface area contributed by atoms with E-state index in [2.05, 4.69) is 10.1 Å². The largest absolute Gasteiger partial charge is 0.573 e. The number of halogens is 3. The minimum Gasteiger partial charge on any atom is -0.484 e. The molecular weight excluding hydrogens is 475 g/mol. The van der Waals surface area contributed by atoms with Crippen LogP contribution in [0.5, 0.6) is 11.5 Å². The zero-order chi connectivity index (χ0) is 24.8. The standard InChI is InChI=1S/C23H18F3NO6S/c1-22(2)14-10-12(20(29)31-3)5-7-16(14)32-18(22)13-8-11(4-6-15(13)33-23(24,25)26)9-17-19(28)27-21(30)34-17/h4-10,18H,1-3H3,(H,27,28,30). The highest BCUT2D eigenvalue weighted by atomic mass is 32.2. The average Bonchev–Trinajstić information content (AvgIpc) is 3.21. The second-order valence-corrected chi connectivity index (χ2v) is 9.13. The van der Waals surface area contributed by atoms with Crippen molar-refractivity contribution in [1.29, 1.82) is 0 Å². The first-order valence-electron chi connectivity index (χ1n) is 9.93. The molecule has 1 N–H and O–H groups in total. The third-order valence-electron chi connectivity index (χ3n) is 5.48. The quantitative estimate of drug-likeness (QED) is 0.468. The highest BCUT2D eigenvalue weighted by Gasteiger charge is 2.45. The van der Waals surface area contributed by atoms with Crippen LogP contribution in [0, 0.1) is 0 Å². The Morgan fingerprint density at radius 3 is 2.53 bits per heavy atom. The number of carbonyl (C=O) groups is 3. The van der Waals surface area contributed by atoms with E-state index < -0.39 is 40.7 Å². The number of nitrogens with one attached hydrogen (secondary N) is 1. The molecule has 0 bridgehead atoms. The van der Waals surface area contributed by atoms with E-state index in [1.54, 1.807) is 26.0 Å². The molecule has 7 nitrogen and oxygen atoms in total. The summed E-state index contributed by atoms with van der Waals surface area (Å²) in [5.74, 6) is -1.21. The van der Waals surface area contributed by atoms with Crippen molar-refractivity contribution in [1.82, 2.24) is 5.32 Å². The lowest BCUT2D eigenvalue weighted by molar-refractivity contribution is -0.275. The number of carbonyl (C=O) groups excluding carboxylic acids is 3. The maximum atomic E-state index is 13.1. The van der Waals surface area contributed by atoms with Crippen LogP contribution in [0.4, 0.5) is 18.0 Å². The molecule has 1 unspecified atom stereocenters. The van der Waals surface area contributed by atoms with E-state index in [-0.39, 0.29) is 16.0 Å². The maximum absolute atomic E-state index is 13.1. The van der Waals surface area contributed by atoms with Crippen LogP contribution in [0.3, 0.4) is 0 Å². The summed E-state index contributed by atoms with van der Waals surface area (Å²) < 4.78 is 54.5. The number of methoxy groups -OCH3 is 1. The molecule has 1 atom stereocenters. The molecule has 2 aliphatic heterocycles. The normalized spacial score (nSPS) is 20.1. The van der Waals surface area contributed by atoms with Crippen LogP contribution in [0.1, 0.15) is 47.0 Å². The van der Waals surface area contributed by atoms with Crippen LogP contribution in [-0.4, -0.2) is 30.6 Å². The van der Waals surface area contributed by atoms with E-state index in [0.29, 0.717) is 28.6 Å². The van der Waals surface area contributed by atoms with Gasteiger partial charge in [-0.25, -0.2) is 4.79 Å². The zero-order valence-corrected chi connectivity index (χ0v) is 18.9. The summed E-state index contributed by atoms with van der Waals surface area (Å²) >= 11 is 0.692. The molecule has 4 rings (SSSR count). The molecule has 0 aliphatic carbocycles. The van der Waals surface area contributed by atoms with Gasteiger partial charge in [0, 0.05) is 16.5 Å². The number of rotatable bonds is 4. The van der Waals surface area contributed by atoms with E-state index >= 15 is 0 Å². The lowest BCUT2D eigenvalue weighted by Gasteiger charge is -2.28. The number of esters is 1. The molecule has 11 heteroatoms. The topological polar surface area (TPSA) is 90.9 Å². The molecule has 178 valence electrons. The first-order valence-corrected chi connectivity index (χ1v) is 10.7. The van der Waals surface area contributed by atoms with Crippen LogP contribution in [0.25, 0.3) is 6.08 Å². The number of hydrogen-bond donors (Lipinski definition) is 1. The minimum atomic E-state index is -4.95. The molecule has 1 fully saturated rings. The molecule has 2 aromatic carbocycles. The molecule has 0 saturated carbocycles. The van der Waals surface area contributed by atoms with Gasteiger partial charge in [0.2, 0.25) is 0 Å². The Labute approximate surface area is 196 Å². The van der Waals surface area contributed by atoms with Gasteiger partial charge in [0.25, 0.3) is 11.1 Å². The number of imide groups is 1. The molecule has 0 aromatic heterocycles. The van der Waals surface area contributed by atoms with Gasteiger partial charge in [-0.05, 0) is 53.7 Å². The van der Waals surface area contributed by atoms with Gasteiger partial charge in [-0.2, -0.15) is 0 Å². The van der Waals surface area contributed by atoms with Crippen molar-refractivity contribution >= 4 is 35.0 Å². The molecule has 2 aliphatic rings. The van der Waals surface area contributed by atoms with Gasteiger partial charge >= 0.3 is 12.3 Å². The predicted molar refractivity (Wildman–Crippen MR) is 116 cm³/mol. The van der Waals surface area contributed by atoms with Crippen molar-refractivity contribution in [2.45, 2.75) is 31.7 Å². The van der Waals surface area contributed by atoms with Gasteiger partial charge in [-0.1, -0.05) is 19.9 Å². The van der Waals surface area contributed by atoms with Crippen molar-refractivity contribution in [3.8, 4) is 11.5 Å². The summed E-state index contributed by atoms with van der Waals surface area (Å²) in [7, 11) is 1.25. The van der Waals surface area contributed by atoms with Crippen molar-refractivity contribution in [2.24, 2.45) is 0 Å². The Hall–Kier alpha value is -3.47. The summed E-state index contributed by atoms with van der Waals surface area (Å²) in [6.45, 7) is 3.54. The summed E-state index contributed by atoms with van der Waals surface area (Å²) in [6, 6.07) is 8.55. The van der Waals surface area contributed by atoms with Crippen LogP contribution < -0.4 is 14.8 Å². The number of fused-ring (bicyclic) bond motifs is 1. The Morgan fingerprint density at radius 1 is 1.18 bits per heavy atom. The Morgan fingerprint density at radius 2 is 1.91 bits per heavy atom. The van der Waals surface area contributed by atoms with Gasteiger partial charge in [0.1, 0.15) is 17.6 Å².